The molecule has 1 aliphatic rings. The quantitative estimate of drug-likeness (QED) is 0.222. The zero-order valence-electron chi connectivity index (χ0n) is 21.6. The van der Waals surface area contributed by atoms with E-state index in [1.54, 1.807) is 0 Å². The van der Waals surface area contributed by atoms with Gasteiger partial charge in [0.15, 0.2) is 11.6 Å². The van der Waals surface area contributed by atoms with Crippen LogP contribution in [0, 0.1) is 17.7 Å². The van der Waals surface area contributed by atoms with Gasteiger partial charge in [-0.15, -0.1) is 11.3 Å². The van der Waals surface area contributed by atoms with Crippen LogP contribution in [-0.4, -0.2) is 6.61 Å². The molecule has 1 saturated carbocycles. The molecule has 0 saturated heterocycles. The fraction of sp³-hybridized carbons (Fsp3) is 0.394. The van der Waals surface area contributed by atoms with Gasteiger partial charge in [-0.3, -0.25) is 0 Å². The molecule has 1 aromatic heterocycles. The molecular formula is C33H37FOS. The second-order valence-corrected chi connectivity index (χ2v) is 11.5. The first kappa shape index (κ1) is 25.0. The predicted octanol–water partition coefficient (Wildman–Crippen LogP) is 10.3. The molecule has 1 aliphatic carbocycles. The van der Waals surface area contributed by atoms with Crippen molar-refractivity contribution in [2.24, 2.45) is 11.8 Å². The van der Waals surface area contributed by atoms with Crippen LogP contribution in [0.3, 0.4) is 0 Å². The Bertz CT molecular complexity index is 1260. The van der Waals surface area contributed by atoms with E-state index in [9.17, 15) is 0 Å². The Hall–Kier alpha value is -2.65. The van der Waals surface area contributed by atoms with Crippen molar-refractivity contribution in [2.75, 3.05) is 6.61 Å². The Labute approximate surface area is 219 Å². The maximum atomic E-state index is 15.4. The molecular weight excluding hydrogens is 463 g/mol. The summed E-state index contributed by atoms with van der Waals surface area (Å²) < 4.78 is 22.1. The van der Waals surface area contributed by atoms with E-state index in [4.69, 9.17) is 4.74 Å². The van der Waals surface area contributed by atoms with Crippen molar-refractivity contribution in [3.63, 3.8) is 0 Å². The maximum absolute atomic E-state index is 15.4. The number of hydrogen-bond donors (Lipinski definition) is 0. The SMILES string of the molecule is CCCc1ccc(-c2ccc(-c3cc4ccc(OCC5CCC(CCC)CC5)c(F)c4s3)cc2)cc1. The number of benzene rings is 3. The summed E-state index contributed by atoms with van der Waals surface area (Å²) in [7, 11) is 0. The fourth-order valence-corrected chi connectivity index (χ4v) is 6.68. The van der Waals surface area contributed by atoms with Crippen molar-refractivity contribution in [1.29, 1.82) is 0 Å². The lowest BCUT2D eigenvalue weighted by molar-refractivity contribution is 0.175. The summed E-state index contributed by atoms with van der Waals surface area (Å²) in [5, 5.41) is 0.940. The van der Waals surface area contributed by atoms with Gasteiger partial charge in [-0.25, -0.2) is 4.39 Å². The Morgan fingerprint density at radius 2 is 1.42 bits per heavy atom. The van der Waals surface area contributed by atoms with E-state index in [0.29, 0.717) is 23.0 Å². The van der Waals surface area contributed by atoms with Gasteiger partial charge >= 0.3 is 0 Å². The van der Waals surface area contributed by atoms with Crippen LogP contribution in [0.1, 0.15) is 64.4 Å². The van der Waals surface area contributed by atoms with Gasteiger partial charge in [-0.1, -0.05) is 94.5 Å². The Kier molecular flexibility index (Phi) is 8.06. The van der Waals surface area contributed by atoms with Gasteiger partial charge in [0, 0.05) is 4.88 Å². The summed E-state index contributed by atoms with van der Waals surface area (Å²) in [5.74, 6) is 1.61. The minimum absolute atomic E-state index is 0.216. The molecule has 1 nitrogen and oxygen atoms in total. The highest BCUT2D eigenvalue weighted by Crippen LogP contribution is 2.39. The largest absolute Gasteiger partial charge is 0.490 e. The predicted molar refractivity (Wildman–Crippen MR) is 153 cm³/mol. The van der Waals surface area contributed by atoms with Gasteiger partial charge < -0.3 is 4.74 Å². The average molecular weight is 501 g/mol. The summed E-state index contributed by atoms with van der Waals surface area (Å²) in [6, 6.07) is 23.4. The summed E-state index contributed by atoms with van der Waals surface area (Å²) in [5.41, 5.74) is 4.93. The van der Waals surface area contributed by atoms with Crippen LogP contribution in [0.25, 0.3) is 31.7 Å². The molecule has 0 aliphatic heterocycles. The molecule has 0 bridgehead atoms. The van der Waals surface area contributed by atoms with E-state index in [1.165, 1.54) is 66.6 Å². The van der Waals surface area contributed by atoms with Gasteiger partial charge in [-0.2, -0.15) is 0 Å². The van der Waals surface area contributed by atoms with Gasteiger partial charge in [0.2, 0.25) is 0 Å². The monoisotopic (exact) mass is 500 g/mol. The molecule has 0 N–H and O–H groups in total. The topological polar surface area (TPSA) is 9.23 Å². The molecule has 0 spiro atoms. The van der Waals surface area contributed by atoms with Crippen LogP contribution in [0.15, 0.2) is 66.7 Å². The van der Waals surface area contributed by atoms with Crippen LogP contribution in [-0.2, 0) is 6.42 Å². The van der Waals surface area contributed by atoms with Crippen molar-refractivity contribution < 1.29 is 9.13 Å². The molecule has 0 radical (unpaired) electrons. The average Bonchev–Trinajstić information content (AvgIpc) is 3.36. The lowest BCUT2D eigenvalue weighted by atomic mass is 9.80. The van der Waals surface area contributed by atoms with E-state index in [0.717, 1.165) is 34.6 Å². The van der Waals surface area contributed by atoms with E-state index in [1.807, 2.05) is 12.1 Å². The summed E-state index contributed by atoms with van der Waals surface area (Å²) in [6.45, 7) is 5.10. The maximum Gasteiger partial charge on any atom is 0.182 e. The highest BCUT2D eigenvalue weighted by Gasteiger charge is 2.22. The zero-order valence-corrected chi connectivity index (χ0v) is 22.4. The number of rotatable bonds is 9. The zero-order chi connectivity index (χ0) is 24.9. The van der Waals surface area contributed by atoms with Crippen LogP contribution < -0.4 is 4.74 Å². The first-order valence-corrected chi connectivity index (χ1v) is 14.5. The normalized spacial score (nSPS) is 18.0. The highest BCUT2D eigenvalue weighted by molar-refractivity contribution is 7.22. The molecule has 3 heteroatoms. The first-order chi connectivity index (χ1) is 17.6. The highest BCUT2D eigenvalue weighted by atomic mass is 32.1. The second kappa shape index (κ2) is 11.6. The van der Waals surface area contributed by atoms with Gasteiger partial charge in [0.25, 0.3) is 0 Å². The molecule has 36 heavy (non-hydrogen) atoms. The van der Waals surface area contributed by atoms with Crippen LogP contribution >= 0.6 is 11.3 Å². The Balaban J connectivity index is 1.26. The number of halogens is 1. The van der Waals surface area contributed by atoms with E-state index < -0.39 is 0 Å². The van der Waals surface area contributed by atoms with Crippen LogP contribution in [0.2, 0.25) is 0 Å². The van der Waals surface area contributed by atoms with Crippen molar-refractivity contribution in [2.45, 2.75) is 65.2 Å². The number of aryl methyl sites for hydroxylation is 1. The smallest absolute Gasteiger partial charge is 0.182 e. The number of ether oxygens (including phenoxy) is 1. The van der Waals surface area contributed by atoms with Crippen LogP contribution in [0.5, 0.6) is 5.75 Å². The molecule has 0 unspecified atom stereocenters. The first-order valence-electron chi connectivity index (χ1n) is 13.7. The minimum atomic E-state index is -0.216. The van der Waals surface area contributed by atoms with Crippen molar-refractivity contribution >= 4 is 21.4 Å². The number of fused-ring (bicyclic) bond motifs is 1. The van der Waals surface area contributed by atoms with Crippen molar-refractivity contribution in [1.82, 2.24) is 0 Å². The third-order valence-electron chi connectivity index (χ3n) is 7.72. The Morgan fingerprint density at radius 3 is 2.08 bits per heavy atom. The molecule has 3 aromatic carbocycles. The van der Waals surface area contributed by atoms with Crippen LogP contribution in [0.4, 0.5) is 4.39 Å². The van der Waals surface area contributed by atoms with E-state index >= 15 is 4.39 Å². The van der Waals surface area contributed by atoms with Crippen molar-refractivity contribution in [3.8, 4) is 27.3 Å². The number of thiophene rings is 1. The fourth-order valence-electron chi connectivity index (χ4n) is 5.59. The second-order valence-electron chi connectivity index (χ2n) is 10.4. The molecule has 0 atom stereocenters. The molecule has 0 amide bonds. The standard InChI is InChI=1S/C33H37FOS/c1-3-5-23-7-9-25(10-8-23)22-35-30-20-19-29-21-31(36-33(29)32(30)34)28-17-15-27(16-18-28)26-13-11-24(6-4-2)12-14-26/h11-21,23,25H,3-10,22H2,1-2H3. The molecule has 4 aromatic rings. The van der Waals surface area contributed by atoms with Gasteiger partial charge in [0.05, 0.1) is 11.3 Å². The lowest BCUT2D eigenvalue weighted by Gasteiger charge is -2.28. The van der Waals surface area contributed by atoms with Gasteiger partial charge in [0.1, 0.15) is 0 Å². The summed E-state index contributed by atoms with van der Waals surface area (Å²) in [6.07, 6.45) is 9.89. The Morgan fingerprint density at radius 1 is 0.778 bits per heavy atom. The third kappa shape index (κ3) is 5.67. The lowest BCUT2D eigenvalue weighted by Crippen LogP contribution is -2.20. The third-order valence-corrected chi connectivity index (χ3v) is 8.92. The van der Waals surface area contributed by atoms with E-state index in [2.05, 4.69) is 68.4 Å². The minimum Gasteiger partial charge on any atom is -0.490 e. The van der Waals surface area contributed by atoms with Gasteiger partial charge in [-0.05, 0) is 76.9 Å². The molecule has 5 rings (SSSR count). The molecule has 188 valence electrons. The van der Waals surface area contributed by atoms with E-state index in [-0.39, 0.29) is 5.82 Å². The summed E-state index contributed by atoms with van der Waals surface area (Å²) >= 11 is 1.51. The number of hydrogen-bond acceptors (Lipinski definition) is 2. The molecule has 1 fully saturated rings. The summed E-state index contributed by atoms with van der Waals surface area (Å²) in [4.78, 5) is 1.08. The molecule has 1 heterocycles. The van der Waals surface area contributed by atoms with Crippen molar-refractivity contribution in [3.05, 3.63) is 78.1 Å².